The third kappa shape index (κ3) is 4.44. The first-order chi connectivity index (χ1) is 12.7. The van der Waals surface area contributed by atoms with E-state index < -0.39 is 0 Å². The summed E-state index contributed by atoms with van der Waals surface area (Å²) in [4.78, 5) is 15.1. The molecule has 3 rings (SSSR count). The number of carbonyl (C=O) groups excluding carboxylic acids is 1. The van der Waals surface area contributed by atoms with E-state index >= 15 is 0 Å². The summed E-state index contributed by atoms with van der Waals surface area (Å²) in [5.74, 6) is 0.855. The number of likely N-dealkylation sites (tertiary alicyclic amines) is 1. The van der Waals surface area contributed by atoms with E-state index in [1.807, 2.05) is 43.3 Å². The lowest BCUT2D eigenvalue weighted by Crippen LogP contribution is -2.40. The van der Waals surface area contributed by atoms with E-state index in [2.05, 4.69) is 22.3 Å². The van der Waals surface area contributed by atoms with Crippen LogP contribution in [0.2, 0.25) is 0 Å². The molecule has 26 heavy (non-hydrogen) atoms. The van der Waals surface area contributed by atoms with E-state index in [0.29, 0.717) is 6.54 Å². The first-order valence-corrected chi connectivity index (χ1v) is 9.41. The van der Waals surface area contributed by atoms with Gasteiger partial charge in [-0.2, -0.15) is 0 Å². The van der Waals surface area contributed by atoms with Crippen LogP contribution in [0.4, 0.5) is 0 Å². The molecule has 1 N–H and O–H groups in total. The average molecular weight is 352 g/mol. The average Bonchev–Trinajstić information content (AvgIpc) is 2.69. The van der Waals surface area contributed by atoms with Gasteiger partial charge in [-0.1, -0.05) is 36.8 Å². The van der Waals surface area contributed by atoms with Crippen LogP contribution in [0.5, 0.6) is 5.75 Å². The summed E-state index contributed by atoms with van der Waals surface area (Å²) >= 11 is 0. The number of amides is 1. The number of carbonyl (C=O) groups is 1. The summed E-state index contributed by atoms with van der Waals surface area (Å²) < 4.78 is 5.28. The van der Waals surface area contributed by atoms with Crippen LogP contribution >= 0.6 is 0 Å². The van der Waals surface area contributed by atoms with Gasteiger partial charge in [0.2, 0.25) is 0 Å². The van der Waals surface area contributed by atoms with Gasteiger partial charge in [-0.25, -0.2) is 0 Å². The second kappa shape index (κ2) is 8.86. The maximum Gasteiger partial charge on any atom is 0.251 e. The predicted octanol–water partition coefficient (Wildman–Crippen LogP) is 3.96. The van der Waals surface area contributed by atoms with Gasteiger partial charge in [0.05, 0.1) is 13.2 Å². The van der Waals surface area contributed by atoms with Gasteiger partial charge in [-0.3, -0.25) is 9.69 Å². The van der Waals surface area contributed by atoms with E-state index in [9.17, 15) is 4.79 Å². The Bertz CT molecular complexity index is 721. The lowest BCUT2D eigenvalue weighted by Gasteiger charge is -2.35. The van der Waals surface area contributed by atoms with Crippen molar-refractivity contribution >= 4 is 5.91 Å². The second-order valence-corrected chi connectivity index (χ2v) is 6.91. The van der Waals surface area contributed by atoms with Gasteiger partial charge < -0.3 is 10.1 Å². The molecule has 1 amide bonds. The minimum absolute atomic E-state index is 0.00128. The Hall–Kier alpha value is -2.33. The molecule has 1 fully saturated rings. The van der Waals surface area contributed by atoms with E-state index in [1.54, 1.807) is 7.11 Å². The molecule has 138 valence electrons. The van der Waals surface area contributed by atoms with Crippen molar-refractivity contribution in [2.45, 2.75) is 32.2 Å². The zero-order valence-corrected chi connectivity index (χ0v) is 15.7. The number of rotatable bonds is 6. The number of nitrogens with one attached hydrogen (secondary N) is 1. The van der Waals surface area contributed by atoms with Gasteiger partial charge in [-0.05, 0) is 62.2 Å². The topological polar surface area (TPSA) is 41.6 Å². The molecule has 0 spiro atoms. The van der Waals surface area contributed by atoms with Crippen molar-refractivity contribution in [3.63, 3.8) is 0 Å². The summed E-state index contributed by atoms with van der Waals surface area (Å²) in [6.45, 7) is 4.74. The van der Waals surface area contributed by atoms with Crippen molar-refractivity contribution in [2.75, 3.05) is 26.7 Å². The second-order valence-electron chi connectivity index (χ2n) is 6.91. The highest BCUT2D eigenvalue weighted by molar-refractivity contribution is 5.95. The molecule has 1 aliphatic heterocycles. The highest BCUT2D eigenvalue weighted by Crippen LogP contribution is 2.26. The van der Waals surface area contributed by atoms with Crippen molar-refractivity contribution in [3.05, 3.63) is 65.2 Å². The normalized spacial score (nSPS) is 16.1. The first kappa shape index (κ1) is 18.5. The minimum atomic E-state index is -0.00128. The molecule has 4 nitrogen and oxygen atoms in total. The fraction of sp³-hybridized carbons (Fsp3) is 0.409. The van der Waals surface area contributed by atoms with Crippen molar-refractivity contribution in [1.29, 1.82) is 0 Å². The monoisotopic (exact) mass is 352 g/mol. The molecule has 1 atom stereocenters. The molecule has 2 aromatic rings. The number of nitrogens with zero attached hydrogens (tertiary/aromatic N) is 1. The third-order valence-corrected chi connectivity index (χ3v) is 5.18. The highest BCUT2D eigenvalue weighted by Gasteiger charge is 2.23. The van der Waals surface area contributed by atoms with Crippen LogP contribution in [0.15, 0.2) is 48.5 Å². The number of aryl methyl sites for hydroxylation is 1. The quantitative estimate of drug-likeness (QED) is 0.855. The first-order valence-electron chi connectivity index (χ1n) is 9.41. The Labute approximate surface area is 156 Å². The van der Waals surface area contributed by atoms with Crippen LogP contribution in [0, 0.1) is 6.92 Å². The standard InChI is InChI=1S/C22H28N2O2/c1-17-8-4-5-9-20(17)22(25)23-16-21(24-14-6-3-7-15-24)18-10-12-19(26-2)13-11-18/h4-5,8-13,21H,3,6-7,14-16H2,1-2H3,(H,23,25)/t21-/m1/s1. The van der Waals surface area contributed by atoms with Crippen LogP contribution in [0.1, 0.15) is 46.8 Å². The third-order valence-electron chi connectivity index (χ3n) is 5.18. The molecule has 1 aliphatic rings. The zero-order valence-electron chi connectivity index (χ0n) is 15.7. The molecule has 2 aromatic carbocycles. The van der Waals surface area contributed by atoms with Crippen LogP contribution in [-0.2, 0) is 0 Å². The number of hydrogen-bond donors (Lipinski definition) is 1. The molecule has 0 unspecified atom stereocenters. The Morgan fingerprint density at radius 1 is 1.08 bits per heavy atom. The molecule has 4 heteroatoms. The van der Waals surface area contributed by atoms with Crippen molar-refractivity contribution in [1.82, 2.24) is 10.2 Å². The maximum atomic E-state index is 12.6. The van der Waals surface area contributed by atoms with Crippen molar-refractivity contribution in [3.8, 4) is 5.75 Å². The van der Waals surface area contributed by atoms with Crippen LogP contribution in [0.25, 0.3) is 0 Å². The largest absolute Gasteiger partial charge is 0.497 e. The van der Waals surface area contributed by atoms with Crippen LogP contribution in [0.3, 0.4) is 0 Å². The molecule has 0 radical (unpaired) electrons. The Morgan fingerprint density at radius 3 is 2.42 bits per heavy atom. The summed E-state index contributed by atoms with van der Waals surface area (Å²) in [6, 6.07) is 16.1. The molecular formula is C22H28N2O2. The van der Waals surface area contributed by atoms with Gasteiger partial charge >= 0.3 is 0 Å². The molecule has 0 bridgehead atoms. The summed E-state index contributed by atoms with van der Waals surface area (Å²) in [5.41, 5.74) is 2.97. The number of benzene rings is 2. The maximum absolute atomic E-state index is 12.6. The smallest absolute Gasteiger partial charge is 0.251 e. The Morgan fingerprint density at radius 2 is 1.77 bits per heavy atom. The minimum Gasteiger partial charge on any atom is -0.497 e. The summed E-state index contributed by atoms with van der Waals surface area (Å²) in [7, 11) is 1.68. The predicted molar refractivity (Wildman–Crippen MR) is 105 cm³/mol. The van der Waals surface area contributed by atoms with Crippen LogP contribution < -0.4 is 10.1 Å². The van der Waals surface area contributed by atoms with Gasteiger partial charge in [0, 0.05) is 12.1 Å². The lowest BCUT2D eigenvalue weighted by atomic mass is 10.0. The molecule has 1 saturated heterocycles. The summed E-state index contributed by atoms with van der Waals surface area (Å²) in [5, 5.41) is 3.15. The lowest BCUT2D eigenvalue weighted by molar-refractivity contribution is 0.0924. The SMILES string of the molecule is COc1ccc([C@@H](CNC(=O)c2ccccc2C)N2CCCCC2)cc1. The fourth-order valence-electron chi connectivity index (χ4n) is 3.63. The van der Waals surface area contributed by atoms with Crippen molar-refractivity contribution < 1.29 is 9.53 Å². The van der Waals surface area contributed by atoms with Gasteiger partial charge in [0.15, 0.2) is 0 Å². The van der Waals surface area contributed by atoms with Gasteiger partial charge in [0.1, 0.15) is 5.75 Å². The highest BCUT2D eigenvalue weighted by atomic mass is 16.5. The van der Waals surface area contributed by atoms with E-state index in [4.69, 9.17) is 4.74 Å². The van der Waals surface area contributed by atoms with E-state index in [0.717, 1.165) is 30.0 Å². The van der Waals surface area contributed by atoms with Crippen molar-refractivity contribution in [2.24, 2.45) is 0 Å². The molecule has 0 saturated carbocycles. The van der Waals surface area contributed by atoms with Gasteiger partial charge in [0.25, 0.3) is 5.91 Å². The zero-order chi connectivity index (χ0) is 18.4. The molecule has 1 heterocycles. The fourth-order valence-corrected chi connectivity index (χ4v) is 3.63. The summed E-state index contributed by atoms with van der Waals surface area (Å²) in [6.07, 6.45) is 3.73. The number of ether oxygens (including phenoxy) is 1. The van der Waals surface area contributed by atoms with E-state index in [-0.39, 0.29) is 11.9 Å². The Kier molecular flexibility index (Phi) is 6.29. The molecule has 0 aromatic heterocycles. The van der Waals surface area contributed by atoms with Crippen LogP contribution in [-0.4, -0.2) is 37.6 Å². The number of methoxy groups -OCH3 is 1. The molecule has 0 aliphatic carbocycles. The van der Waals surface area contributed by atoms with Gasteiger partial charge in [-0.15, -0.1) is 0 Å². The number of hydrogen-bond acceptors (Lipinski definition) is 3. The Balaban J connectivity index is 1.74. The molecular weight excluding hydrogens is 324 g/mol. The number of piperidine rings is 1. The van der Waals surface area contributed by atoms with E-state index in [1.165, 1.54) is 24.8 Å².